The smallest absolute Gasteiger partial charge is 0.350 e. The van der Waals surface area contributed by atoms with Gasteiger partial charge in [-0.05, 0) is 58.9 Å². The summed E-state index contributed by atoms with van der Waals surface area (Å²) in [7, 11) is 1.39. The zero-order valence-corrected chi connectivity index (χ0v) is 19.2. The van der Waals surface area contributed by atoms with E-state index in [1.54, 1.807) is 0 Å². The van der Waals surface area contributed by atoms with Crippen LogP contribution in [0.2, 0.25) is 0 Å². The molecule has 3 rings (SSSR count). The molecule has 1 aromatic heterocycles. The number of thiophene rings is 1. The predicted octanol–water partition coefficient (Wildman–Crippen LogP) is 3.82. The second-order valence-electron chi connectivity index (χ2n) is 9.28. The average molecular weight is 436 g/mol. The Labute approximate surface area is 183 Å². The van der Waals surface area contributed by atoms with Gasteiger partial charge < -0.3 is 24.6 Å². The van der Waals surface area contributed by atoms with Gasteiger partial charge in [0, 0.05) is 18.1 Å². The minimum atomic E-state index is -0.788. The quantitative estimate of drug-likeness (QED) is 0.523. The van der Waals surface area contributed by atoms with Crippen LogP contribution in [0.3, 0.4) is 0 Å². The van der Waals surface area contributed by atoms with Crippen LogP contribution in [0.25, 0.3) is 0 Å². The van der Waals surface area contributed by atoms with Crippen molar-refractivity contribution in [3.8, 4) is 11.8 Å². The molecule has 0 unspecified atom stereocenters. The first kappa shape index (κ1) is 23.1. The van der Waals surface area contributed by atoms with Crippen LogP contribution < -0.4 is 5.32 Å². The maximum absolute atomic E-state index is 12.2. The molecule has 0 bridgehead atoms. The third-order valence-corrected chi connectivity index (χ3v) is 6.45. The number of hydrogen-bond donors (Lipinski definition) is 2. The molecule has 1 saturated heterocycles. The van der Waals surface area contributed by atoms with Crippen LogP contribution in [-0.2, 0) is 14.2 Å². The van der Waals surface area contributed by atoms with E-state index in [4.69, 9.17) is 14.2 Å². The molecule has 6 nitrogen and oxygen atoms in total. The van der Waals surface area contributed by atoms with Gasteiger partial charge in [-0.2, -0.15) is 0 Å². The van der Waals surface area contributed by atoms with Gasteiger partial charge in [-0.3, -0.25) is 0 Å². The zero-order valence-electron chi connectivity index (χ0n) is 18.4. The van der Waals surface area contributed by atoms with Gasteiger partial charge in [-0.1, -0.05) is 11.8 Å². The van der Waals surface area contributed by atoms with Crippen molar-refractivity contribution in [2.75, 3.05) is 32.2 Å². The molecule has 0 amide bonds. The molecular formula is C23H33NO5S. The summed E-state index contributed by atoms with van der Waals surface area (Å²) in [6.45, 7) is 7.88. The Morgan fingerprint density at radius 1 is 1.37 bits per heavy atom. The van der Waals surface area contributed by atoms with Crippen LogP contribution in [0.15, 0.2) is 6.07 Å². The van der Waals surface area contributed by atoms with E-state index in [9.17, 15) is 9.90 Å². The van der Waals surface area contributed by atoms with Gasteiger partial charge in [0.2, 0.25) is 0 Å². The van der Waals surface area contributed by atoms with Crippen molar-refractivity contribution in [3.05, 3.63) is 15.8 Å². The molecule has 2 aliphatic rings. The van der Waals surface area contributed by atoms with E-state index in [0.29, 0.717) is 30.9 Å². The lowest BCUT2D eigenvalue weighted by Crippen LogP contribution is -2.43. The van der Waals surface area contributed by atoms with Gasteiger partial charge in [-0.15, -0.1) is 11.3 Å². The number of nitrogens with one attached hydrogen (secondary N) is 1. The van der Waals surface area contributed by atoms with Gasteiger partial charge in [0.05, 0.1) is 42.6 Å². The summed E-state index contributed by atoms with van der Waals surface area (Å²) in [4.78, 5) is 13.6. The second-order valence-corrected chi connectivity index (χ2v) is 10.3. The van der Waals surface area contributed by atoms with Crippen molar-refractivity contribution >= 4 is 23.0 Å². The van der Waals surface area contributed by atoms with Crippen LogP contribution in [0, 0.1) is 17.3 Å². The molecular weight excluding hydrogens is 402 g/mol. The third-order valence-electron chi connectivity index (χ3n) is 5.42. The summed E-state index contributed by atoms with van der Waals surface area (Å²) in [6, 6.07) is 2.11. The lowest BCUT2D eigenvalue weighted by Gasteiger charge is -2.37. The molecule has 0 aromatic carbocycles. The summed E-state index contributed by atoms with van der Waals surface area (Å²) in [6.07, 6.45) is 3.93. The number of hydrogen-bond acceptors (Lipinski definition) is 7. The fourth-order valence-electron chi connectivity index (χ4n) is 3.63. The number of methoxy groups -OCH3 is 1. The maximum atomic E-state index is 12.2. The topological polar surface area (TPSA) is 77.0 Å². The first-order chi connectivity index (χ1) is 14.2. The van der Waals surface area contributed by atoms with E-state index in [1.807, 2.05) is 6.07 Å². The first-order valence-corrected chi connectivity index (χ1v) is 11.4. The summed E-state index contributed by atoms with van der Waals surface area (Å²) in [5, 5.41) is 14.3. The number of anilines is 1. The van der Waals surface area contributed by atoms with E-state index in [0.717, 1.165) is 36.4 Å². The highest BCUT2D eigenvalue weighted by Gasteiger charge is 2.35. The average Bonchev–Trinajstić information content (AvgIpc) is 3.36. The van der Waals surface area contributed by atoms with Crippen LogP contribution in [0.4, 0.5) is 5.69 Å². The number of carbonyl (C=O) groups excluding carboxylic acids is 1. The van der Waals surface area contributed by atoms with Crippen molar-refractivity contribution in [1.82, 2.24) is 0 Å². The highest BCUT2D eigenvalue weighted by Crippen LogP contribution is 2.34. The molecule has 2 N–H and O–H groups in total. The monoisotopic (exact) mass is 435 g/mol. The van der Waals surface area contributed by atoms with Crippen LogP contribution in [0.5, 0.6) is 0 Å². The Hall–Kier alpha value is -1.59. The molecule has 1 aliphatic heterocycles. The van der Waals surface area contributed by atoms with Crippen molar-refractivity contribution in [3.63, 3.8) is 0 Å². The lowest BCUT2D eigenvalue weighted by molar-refractivity contribution is -0.0916. The van der Waals surface area contributed by atoms with Crippen molar-refractivity contribution < 1.29 is 24.1 Å². The molecule has 0 radical (unpaired) electrons. The highest BCUT2D eigenvalue weighted by molar-refractivity contribution is 7.15. The largest absolute Gasteiger partial charge is 0.465 e. The normalized spacial score (nSPS) is 26.7. The fraction of sp³-hybridized carbons (Fsp3) is 0.696. The van der Waals surface area contributed by atoms with E-state index < -0.39 is 5.60 Å². The number of aliphatic hydroxyl groups is 1. The molecule has 1 atom stereocenters. The molecule has 0 spiro atoms. The summed E-state index contributed by atoms with van der Waals surface area (Å²) in [5.74, 6) is 6.03. The number of esters is 1. The van der Waals surface area contributed by atoms with E-state index in [1.165, 1.54) is 18.4 Å². The Morgan fingerprint density at radius 3 is 2.70 bits per heavy atom. The molecule has 2 heterocycles. The van der Waals surface area contributed by atoms with E-state index >= 15 is 0 Å². The maximum Gasteiger partial charge on any atom is 0.350 e. The van der Waals surface area contributed by atoms with Crippen LogP contribution in [-0.4, -0.2) is 55.8 Å². The van der Waals surface area contributed by atoms with Crippen molar-refractivity contribution in [2.24, 2.45) is 5.41 Å². The number of carbonyl (C=O) groups is 1. The minimum absolute atomic E-state index is 0.103. The van der Waals surface area contributed by atoms with Gasteiger partial charge in [0.25, 0.3) is 0 Å². The second kappa shape index (κ2) is 9.69. The van der Waals surface area contributed by atoms with E-state index in [-0.39, 0.29) is 23.5 Å². The van der Waals surface area contributed by atoms with Gasteiger partial charge in [0.1, 0.15) is 4.88 Å². The third kappa shape index (κ3) is 6.45. The number of ether oxygens (including phenoxy) is 3. The molecule has 1 saturated carbocycles. The van der Waals surface area contributed by atoms with Crippen molar-refractivity contribution in [1.29, 1.82) is 0 Å². The van der Waals surface area contributed by atoms with Gasteiger partial charge in [0.15, 0.2) is 0 Å². The minimum Gasteiger partial charge on any atom is -0.465 e. The summed E-state index contributed by atoms with van der Waals surface area (Å²) in [5.41, 5.74) is -0.132. The van der Waals surface area contributed by atoms with Gasteiger partial charge >= 0.3 is 5.97 Å². The Kier molecular flexibility index (Phi) is 7.46. The highest BCUT2D eigenvalue weighted by atomic mass is 32.1. The van der Waals surface area contributed by atoms with Crippen LogP contribution >= 0.6 is 11.3 Å². The Morgan fingerprint density at radius 2 is 2.10 bits per heavy atom. The molecule has 1 aromatic rings. The molecule has 7 heteroatoms. The molecule has 166 valence electrons. The van der Waals surface area contributed by atoms with Gasteiger partial charge in [-0.25, -0.2) is 4.79 Å². The Balaban J connectivity index is 1.61. The van der Waals surface area contributed by atoms with Crippen molar-refractivity contribution in [2.45, 2.75) is 70.6 Å². The summed E-state index contributed by atoms with van der Waals surface area (Å²) >= 11 is 1.35. The standard InChI is InChI=1S/C23H33NO5S/c1-22(2,3)9-7-18-13-19(20(30-18)21(25)27-4)24-16-5-10-23(26,11-6-16)15-29-17-8-12-28-14-17/h13,16-17,24,26H,5-6,8,10-12,14-15H2,1-4H3/t16?,17-,23?/m0/s1. The predicted molar refractivity (Wildman–Crippen MR) is 118 cm³/mol. The Bertz CT molecular complexity index is 787. The van der Waals surface area contributed by atoms with Crippen LogP contribution in [0.1, 0.15) is 67.4 Å². The summed E-state index contributed by atoms with van der Waals surface area (Å²) < 4.78 is 16.1. The molecule has 1 aliphatic carbocycles. The number of rotatable bonds is 6. The SMILES string of the molecule is COC(=O)c1sc(C#CC(C)(C)C)cc1NC1CCC(O)(CO[C@H]2CCOC2)CC1. The molecule has 30 heavy (non-hydrogen) atoms. The zero-order chi connectivity index (χ0) is 21.8. The molecule has 2 fully saturated rings. The lowest BCUT2D eigenvalue weighted by atomic mass is 9.82. The first-order valence-electron chi connectivity index (χ1n) is 10.6. The van der Waals surface area contributed by atoms with E-state index in [2.05, 4.69) is 37.9 Å². The fourth-order valence-corrected chi connectivity index (χ4v) is 4.53.